The molecule has 1 aliphatic rings. The Hall–Kier alpha value is -1.75. The third-order valence-electron chi connectivity index (χ3n) is 3.06. The van der Waals surface area contributed by atoms with E-state index in [1.54, 1.807) is 0 Å². The molecule has 1 aromatic heterocycles. The Labute approximate surface area is 119 Å². The van der Waals surface area contributed by atoms with E-state index in [2.05, 4.69) is 25.9 Å². The van der Waals surface area contributed by atoms with Crippen molar-refractivity contribution in [2.24, 2.45) is 0 Å². The molecule has 0 aliphatic carbocycles. The predicted molar refractivity (Wildman–Crippen MR) is 73.4 cm³/mol. The van der Waals surface area contributed by atoms with Crippen LogP contribution in [0.4, 0.5) is 0 Å². The summed E-state index contributed by atoms with van der Waals surface area (Å²) in [6, 6.07) is 3.98. The van der Waals surface area contributed by atoms with E-state index in [1.165, 1.54) is 18.7 Å². The molecule has 1 aromatic carbocycles. The quantitative estimate of drug-likeness (QED) is 0.816. The van der Waals surface area contributed by atoms with Crippen molar-refractivity contribution in [2.45, 2.75) is 12.8 Å². The Kier molecular flexibility index (Phi) is 3.29. The number of hydrogen-bond donors (Lipinski definition) is 0. The number of hydrogen-bond acceptors (Lipinski definition) is 4. The van der Waals surface area contributed by atoms with Crippen LogP contribution < -0.4 is 4.74 Å². The summed E-state index contributed by atoms with van der Waals surface area (Å²) in [6.45, 7) is 0.682. The van der Waals surface area contributed by atoms with Crippen molar-refractivity contribution in [3.63, 3.8) is 0 Å². The molecule has 2 aromatic rings. The van der Waals surface area contributed by atoms with E-state index < -0.39 is 0 Å². The highest BCUT2D eigenvalue weighted by molar-refractivity contribution is 9.10. The third kappa shape index (κ3) is 2.51. The van der Waals surface area contributed by atoms with E-state index in [9.17, 15) is 4.79 Å². The van der Waals surface area contributed by atoms with Gasteiger partial charge in [0, 0.05) is 35.3 Å². The van der Waals surface area contributed by atoms with E-state index in [0.717, 1.165) is 27.8 Å². The fourth-order valence-corrected chi connectivity index (χ4v) is 2.75. The highest BCUT2D eigenvalue weighted by atomic mass is 79.9. The first-order valence-electron chi connectivity index (χ1n) is 5.96. The van der Waals surface area contributed by atoms with Gasteiger partial charge in [0.2, 0.25) is 0 Å². The minimum atomic E-state index is -0.00333. The van der Waals surface area contributed by atoms with Crippen molar-refractivity contribution in [3.8, 4) is 5.75 Å². The number of rotatable bonds is 3. The van der Waals surface area contributed by atoms with Gasteiger partial charge in [-0.3, -0.25) is 4.79 Å². The van der Waals surface area contributed by atoms with Crippen molar-refractivity contribution >= 4 is 21.7 Å². The normalized spacial score (nSPS) is 12.9. The number of ketones is 1. The molecule has 0 radical (unpaired) electrons. The molecule has 96 valence electrons. The number of aromatic nitrogens is 2. The van der Waals surface area contributed by atoms with E-state index in [-0.39, 0.29) is 5.78 Å². The monoisotopic (exact) mass is 318 g/mol. The molecule has 0 bridgehead atoms. The molecule has 19 heavy (non-hydrogen) atoms. The lowest BCUT2D eigenvalue weighted by Crippen LogP contribution is -2.06. The van der Waals surface area contributed by atoms with Crippen LogP contribution in [0.5, 0.6) is 5.75 Å². The smallest absolute Gasteiger partial charge is 0.170 e. The summed E-state index contributed by atoms with van der Waals surface area (Å²) in [5.41, 5.74) is 2.59. The second-order valence-corrected chi connectivity index (χ2v) is 5.29. The van der Waals surface area contributed by atoms with Crippen molar-refractivity contribution in [1.82, 2.24) is 9.97 Å². The minimum Gasteiger partial charge on any atom is -0.493 e. The van der Waals surface area contributed by atoms with Crippen LogP contribution in [0.1, 0.15) is 21.5 Å². The van der Waals surface area contributed by atoms with Gasteiger partial charge in [-0.15, -0.1) is 0 Å². The van der Waals surface area contributed by atoms with E-state index in [0.29, 0.717) is 18.6 Å². The van der Waals surface area contributed by atoms with Crippen LogP contribution in [0.2, 0.25) is 0 Å². The zero-order valence-electron chi connectivity index (χ0n) is 10.1. The topological polar surface area (TPSA) is 52.1 Å². The molecule has 0 spiro atoms. The zero-order chi connectivity index (χ0) is 13.2. The largest absolute Gasteiger partial charge is 0.493 e. The Morgan fingerprint density at radius 1 is 1.32 bits per heavy atom. The second kappa shape index (κ2) is 5.09. The highest BCUT2D eigenvalue weighted by Crippen LogP contribution is 2.33. The molecule has 2 heterocycles. The van der Waals surface area contributed by atoms with Crippen molar-refractivity contribution in [1.29, 1.82) is 0 Å². The van der Waals surface area contributed by atoms with Gasteiger partial charge >= 0.3 is 0 Å². The number of carbonyl (C=O) groups excluding carboxylic acids is 1. The molecule has 0 saturated heterocycles. The molecular formula is C14H11BrN2O2. The molecule has 0 fully saturated rings. The van der Waals surface area contributed by atoms with Crippen LogP contribution in [0.3, 0.4) is 0 Å². The first kappa shape index (κ1) is 12.3. The van der Waals surface area contributed by atoms with E-state index in [1.807, 2.05) is 12.1 Å². The number of carbonyl (C=O) groups is 1. The number of Topliss-reactive ketones (excluding diaryl/α,β-unsaturated/α-hetero) is 1. The van der Waals surface area contributed by atoms with E-state index >= 15 is 0 Å². The number of nitrogens with zero attached hydrogens (tertiary/aromatic N) is 2. The van der Waals surface area contributed by atoms with Crippen LogP contribution in [-0.2, 0) is 12.8 Å². The lowest BCUT2D eigenvalue weighted by atomic mass is 10.0. The maximum Gasteiger partial charge on any atom is 0.170 e. The molecule has 0 saturated carbocycles. The molecule has 0 amide bonds. The number of benzene rings is 1. The molecule has 0 unspecified atom stereocenters. The average Bonchev–Trinajstić information content (AvgIpc) is 2.88. The Bertz CT molecular complexity index is 629. The second-order valence-electron chi connectivity index (χ2n) is 4.38. The van der Waals surface area contributed by atoms with Crippen LogP contribution in [-0.4, -0.2) is 22.4 Å². The first-order chi connectivity index (χ1) is 9.24. The average molecular weight is 319 g/mol. The molecule has 0 atom stereocenters. The van der Waals surface area contributed by atoms with Gasteiger partial charge in [-0.1, -0.05) is 15.9 Å². The summed E-state index contributed by atoms with van der Waals surface area (Å²) in [7, 11) is 0. The molecule has 4 nitrogen and oxygen atoms in total. The maximum absolute atomic E-state index is 12.2. The van der Waals surface area contributed by atoms with Gasteiger partial charge in [0.15, 0.2) is 5.78 Å². The predicted octanol–water partition coefficient (Wildman–Crippen LogP) is 2.60. The van der Waals surface area contributed by atoms with Crippen molar-refractivity contribution < 1.29 is 9.53 Å². The zero-order valence-corrected chi connectivity index (χ0v) is 11.7. The Morgan fingerprint density at radius 3 is 2.89 bits per heavy atom. The Morgan fingerprint density at radius 2 is 2.11 bits per heavy atom. The molecular weight excluding hydrogens is 308 g/mol. The summed E-state index contributed by atoms with van der Waals surface area (Å²) in [5.74, 6) is 0.852. The molecule has 3 rings (SSSR count). The highest BCUT2D eigenvalue weighted by Gasteiger charge is 2.19. The van der Waals surface area contributed by atoms with Gasteiger partial charge in [-0.05, 0) is 17.7 Å². The van der Waals surface area contributed by atoms with Gasteiger partial charge in [0.25, 0.3) is 0 Å². The Balaban J connectivity index is 1.90. The number of halogens is 1. The number of ether oxygens (including phenoxy) is 1. The van der Waals surface area contributed by atoms with Gasteiger partial charge in [-0.2, -0.15) is 0 Å². The lowest BCUT2D eigenvalue weighted by Gasteiger charge is -2.08. The van der Waals surface area contributed by atoms with Gasteiger partial charge in [0.05, 0.1) is 12.2 Å². The lowest BCUT2D eigenvalue weighted by molar-refractivity contribution is 0.0991. The first-order valence-corrected chi connectivity index (χ1v) is 6.75. The molecule has 5 heteroatoms. The number of fused-ring (bicyclic) bond motifs is 1. The minimum absolute atomic E-state index is 0.00333. The maximum atomic E-state index is 12.2. The van der Waals surface area contributed by atoms with Crippen molar-refractivity contribution in [2.75, 3.05) is 6.61 Å². The summed E-state index contributed by atoms with van der Waals surface area (Å²) >= 11 is 3.47. The van der Waals surface area contributed by atoms with Crippen LogP contribution >= 0.6 is 15.9 Å². The fourth-order valence-electron chi connectivity index (χ4n) is 2.20. The summed E-state index contributed by atoms with van der Waals surface area (Å²) < 4.78 is 6.59. The summed E-state index contributed by atoms with van der Waals surface area (Å²) in [6.07, 6.45) is 5.68. The van der Waals surface area contributed by atoms with Crippen LogP contribution in [0.25, 0.3) is 0 Å². The van der Waals surface area contributed by atoms with Crippen LogP contribution in [0.15, 0.2) is 35.3 Å². The molecule has 1 aliphatic heterocycles. The SMILES string of the molecule is O=C(Cc1cc(Br)cc2c1OCC2)c1cncnc1. The van der Waals surface area contributed by atoms with Gasteiger partial charge in [-0.25, -0.2) is 9.97 Å². The fraction of sp³-hybridized carbons (Fsp3) is 0.214. The third-order valence-corrected chi connectivity index (χ3v) is 3.52. The van der Waals surface area contributed by atoms with Gasteiger partial charge in [0.1, 0.15) is 12.1 Å². The summed E-state index contributed by atoms with van der Waals surface area (Å²) in [4.78, 5) is 19.9. The van der Waals surface area contributed by atoms with E-state index in [4.69, 9.17) is 4.74 Å². The van der Waals surface area contributed by atoms with Crippen LogP contribution in [0, 0.1) is 0 Å². The summed E-state index contributed by atoms with van der Waals surface area (Å²) in [5, 5.41) is 0. The standard InChI is InChI=1S/C14H11BrN2O2/c15-12-3-9-1-2-19-14(9)10(4-12)5-13(18)11-6-16-8-17-7-11/h3-4,6-8H,1-2,5H2. The molecule has 0 N–H and O–H groups in total. The van der Waals surface area contributed by atoms with Gasteiger partial charge < -0.3 is 4.74 Å². The van der Waals surface area contributed by atoms with Crippen molar-refractivity contribution in [3.05, 3.63) is 52.0 Å².